The molecule has 1 saturated heterocycles. The molecule has 3 aromatic rings. The van der Waals surface area contributed by atoms with Crippen molar-refractivity contribution in [1.29, 1.82) is 0 Å². The predicted molar refractivity (Wildman–Crippen MR) is 137 cm³/mol. The van der Waals surface area contributed by atoms with Gasteiger partial charge in [0, 0.05) is 67.8 Å². The summed E-state index contributed by atoms with van der Waals surface area (Å²) < 4.78 is 2.33. The van der Waals surface area contributed by atoms with Gasteiger partial charge in [-0.05, 0) is 56.7 Å². The van der Waals surface area contributed by atoms with Crippen molar-refractivity contribution < 1.29 is 5.11 Å². The molecule has 0 amide bonds. The molecule has 8 nitrogen and oxygen atoms in total. The Labute approximate surface area is 201 Å². The van der Waals surface area contributed by atoms with Crippen LogP contribution in [0.4, 0.5) is 11.8 Å². The number of rotatable bonds is 7. The molecule has 1 aliphatic heterocycles. The summed E-state index contributed by atoms with van der Waals surface area (Å²) in [6, 6.07) is 4.96. The summed E-state index contributed by atoms with van der Waals surface area (Å²) in [5.41, 5.74) is 3.26. The van der Waals surface area contributed by atoms with Crippen LogP contribution in [0.15, 0.2) is 30.7 Å². The quantitative estimate of drug-likeness (QED) is 0.488. The SMILES string of the molecule is CCC[C@H](C)Nc1ncc2c(-c3ccnc(N4CCNCC4)c3)cn(C3CCC(O)CC3)c2n1. The average Bonchev–Trinajstić information content (AvgIpc) is 3.24. The van der Waals surface area contributed by atoms with Crippen LogP contribution < -0.4 is 15.5 Å². The number of anilines is 2. The van der Waals surface area contributed by atoms with Crippen LogP contribution in [0.3, 0.4) is 0 Å². The van der Waals surface area contributed by atoms with E-state index < -0.39 is 0 Å². The van der Waals surface area contributed by atoms with E-state index >= 15 is 0 Å². The highest BCUT2D eigenvalue weighted by Gasteiger charge is 2.25. The van der Waals surface area contributed by atoms with E-state index in [9.17, 15) is 5.11 Å². The van der Waals surface area contributed by atoms with E-state index in [0.717, 1.165) is 92.7 Å². The van der Waals surface area contributed by atoms with E-state index in [4.69, 9.17) is 4.98 Å². The minimum absolute atomic E-state index is 0.180. The molecule has 0 spiro atoms. The van der Waals surface area contributed by atoms with E-state index in [2.05, 4.69) is 62.2 Å². The number of aliphatic hydroxyl groups is 1. The van der Waals surface area contributed by atoms with E-state index in [1.807, 2.05) is 12.4 Å². The molecule has 8 heteroatoms. The van der Waals surface area contributed by atoms with E-state index in [-0.39, 0.29) is 6.10 Å². The first-order valence-corrected chi connectivity index (χ1v) is 12.9. The molecule has 3 N–H and O–H groups in total. The van der Waals surface area contributed by atoms with E-state index in [0.29, 0.717) is 18.0 Å². The fraction of sp³-hybridized carbons (Fsp3) is 0.577. The molecule has 1 aliphatic carbocycles. The Balaban J connectivity index is 1.54. The van der Waals surface area contributed by atoms with Gasteiger partial charge in [-0.15, -0.1) is 0 Å². The lowest BCUT2D eigenvalue weighted by atomic mass is 9.93. The maximum Gasteiger partial charge on any atom is 0.224 e. The minimum atomic E-state index is -0.180. The summed E-state index contributed by atoms with van der Waals surface area (Å²) in [5, 5.41) is 18.0. The van der Waals surface area contributed by atoms with Crippen molar-refractivity contribution in [3.63, 3.8) is 0 Å². The molecule has 2 aliphatic rings. The number of hydrogen-bond donors (Lipinski definition) is 3. The lowest BCUT2D eigenvalue weighted by Gasteiger charge is -2.28. The molecule has 5 rings (SSSR count). The summed E-state index contributed by atoms with van der Waals surface area (Å²) >= 11 is 0. The first-order chi connectivity index (χ1) is 16.6. The van der Waals surface area contributed by atoms with E-state index in [1.165, 1.54) is 0 Å². The molecule has 182 valence electrons. The van der Waals surface area contributed by atoms with Gasteiger partial charge in [0.05, 0.1) is 6.10 Å². The average molecular weight is 464 g/mol. The van der Waals surface area contributed by atoms with E-state index in [1.54, 1.807) is 0 Å². The number of nitrogens with one attached hydrogen (secondary N) is 2. The van der Waals surface area contributed by atoms with Gasteiger partial charge in [-0.1, -0.05) is 13.3 Å². The third-order valence-corrected chi connectivity index (χ3v) is 7.23. The van der Waals surface area contributed by atoms with Gasteiger partial charge < -0.3 is 25.2 Å². The molecule has 0 bridgehead atoms. The highest BCUT2D eigenvalue weighted by Crippen LogP contribution is 2.37. The highest BCUT2D eigenvalue weighted by atomic mass is 16.3. The number of pyridine rings is 1. The summed E-state index contributed by atoms with van der Waals surface area (Å²) in [7, 11) is 0. The Bertz CT molecular complexity index is 1100. The van der Waals surface area contributed by atoms with Gasteiger partial charge >= 0.3 is 0 Å². The first-order valence-electron chi connectivity index (χ1n) is 12.9. The van der Waals surface area contributed by atoms with Crippen LogP contribution in [0.1, 0.15) is 58.4 Å². The summed E-state index contributed by atoms with van der Waals surface area (Å²) in [6.07, 6.45) is 11.8. The molecule has 4 heterocycles. The van der Waals surface area contributed by atoms with Gasteiger partial charge in [-0.2, -0.15) is 4.98 Å². The van der Waals surface area contributed by atoms with Crippen molar-refractivity contribution in [2.75, 3.05) is 36.4 Å². The molecule has 0 aromatic carbocycles. The van der Waals surface area contributed by atoms with Crippen molar-refractivity contribution in [2.24, 2.45) is 0 Å². The second-order valence-electron chi connectivity index (χ2n) is 9.82. The van der Waals surface area contributed by atoms with Crippen LogP contribution in [0.25, 0.3) is 22.2 Å². The first kappa shape index (κ1) is 23.1. The predicted octanol–water partition coefficient (Wildman–Crippen LogP) is 3.98. The van der Waals surface area contributed by atoms with Crippen LogP contribution >= 0.6 is 0 Å². The molecule has 34 heavy (non-hydrogen) atoms. The molecular weight excluding hydrogens is 426 g/mol. The van der Waals surface area contributed by atoms with Crippen molar-refractivity contribution in [2.45, 2.75) is 70.6 Å². The van der Waals surface area contributed by atoms with Crippen molar-refractivity contribution in [3.05, 3.63) is 30.7 Å². The van der Waals surface area contributed by atoms with Gasteiger partial charge in [0.25, 0.3) is 0 Å². The standard InChI is InChI=1S/C26H37N7O/c1-3-4-18(2)30-26-29-16-22-23(17-33(25(22)31-26)20-5-7-21(34)8-6-20)19-9-10-28-24(15-19)32-13-11-27-12-14-32/h9-10,15-18,20-21,27,34H,3-8,11-14H2,1-2H3,(H,29,30,31)/t18-,20?,21?/m0/s1. The van der Waals surface area contributed by atoms with Gasteiger partial charge in [0.15, 0.2) is 0 Å². The van der Waals surface area contributed by atoms with Crippen molar-refractivity contribution in [1.82, 2.24) is 24.8 Å². The second kappa shape index (κ2) is 10.3. The monoisotopic (exact) mass is 463 g/mol. The molecule has 0 unspecified atom stereocenters. The molecular formula is C26H37N7O. The fourth-order valence-electron chi connectivity index (χ4n) is 5.32. The topological polar surface area (TPSA) is 91.1 Å². The molecule has 1 atom stereocenters. The van der Waals surface area contributed by atoms with Gasteiger partial charge in [0.1, 0.15) is 11.5 Å². The van der Waals surface area contributed by atoms with Crippen LogP contribution in [-0.2, 0) is 0 Å². The fourth-order valence-corrected chi connectivity index (χ4v) is 5.32. The highest BCUT2D eigenvalue weighted by molar-refractivity contribution is 5.94. The number of hydrogen-bond acceptors (Lipinski definition) is 7. The maximum absolute atomic E-state index is 10.1. The number of aliphatic hydroxyl groups excluding tert-OH is 1. The molecule has 0 radical (unpaired) electrons. The second-order valence-corrected chi connectivity index (χ2v) is 9.82. The van der Waals surface area contributed by atoms with Crippen LogP contribution in [-0.4, -0.2) is 63.0 Å². The van der Waals surface area contributed by atoms with Crippen molar-refractivity contribution in [3.8, 4) is 11.1 Å². The molecule has 2 fully saturated rings. The van der Waals surface area contributed by atoms with Crippen LogP contribution in [0.5, 0.6) is 0 Å². The Morgan fingerprint density at radius 3 is 2.74 bits per heavy atom. The normalized spacial score (nSPS) is 22.1. The Morgan fingerprint density at radius 2 is 1.97 bits per heavy atom. The number of nitrogens with zero attached hydrogens (tertiary/aromatic N) is 5. The minimum Gasteiger partial charge on any atom is -0.393 e. The van der Waals surface area contributed by atoms with Crippen LogP contribution in [0, 0.1) is 0 Å². The van der Waals surface area contributed by atoms with Crippen molar-refractivity contribution >= 4 is 22.8 Å². The third-order valence-electron chi connectivity index (χ3n) is 7.23. The Hall–Kier alpha value is -2.71. The zero-order valence-corrected chi connectivity index (χ0v) is 20.4. The molecule has 3 aromatic heterocycles. The zero-order valence-electron chi connectivity index (χ0n) is 20.4. The number of piperazine rings is 1. The number of fused-ring (bicyclic) bond motifs is 1. The Morgan fingerprint density at radius 1 is 1.18 bits per heavy atom. The van der Waals surface area contributed by atoms with Gasteiger partial charge in [-0.25, -0.2) is 9.97 Å². The van der Waals surface area contributed by atoms with Gasteiger partial charge in [0.2, 0.25) is 5.95 Å². The summed E-state index contributed by atoms with van der Waals surface area (Å²) in [4.78, 5) is 16.7. The number of aromatic nitrogens is 4. The summed E-state index contributed by atoms with van der Waals surface area (Å²) in [5.74, 6) is 1.71. The lowest BCUT2D eigenvalue weighted by molar-refractivity contribution is 0.111. The third kappa shape index (κ3) is 4.88. The largest absolute Gasteiger partial charge is 0.393 e. The van der Waals surface area contributed by atoms with Crippen LogP contribution in [0.2, 0.25) is 0 Å². The maximum atomic E-state index is 10.1. The van der Waals surface area contributed by atoms with Gasteiger partial charge in [-0.3, -0.25) is 0 Å². The zero-order chi connectivity index (χ0) is 23.5. The summed E-state index contributed by atoms with van der Waals surface area (Å²) in [6.45, 7) is 8.28. The smallest absolute Gasteiger partial charge is 0.224 e. The lowest BCUT2D eigenvalue weighted by Crippen LogP contribution is -2.43. The molecule has 1 saturated carbocycles. The Kier molecular flexibility index (Phi) is 6.97.